The Morgan fingerprint density at radius 1 is 1.24 bits per heavy atom. The van der Waals surface area contributed by atoms with Crippen LogP contribution in [0, 0.1) is 0 Å². The predicted octanol–water partition coefficient (Wildman–Crippen LogP) is 3.44. The molecule has 0 unspecified atom stereocenters. The zero-order chi connectivity index (χ0) is 12.7. The molecule has 0 aromatic heterocycles. The Balaban J connectivity index is 2.32. The smallest absolute Gasteiger partial charge is 0.232 e. The number of carbonyl (C=O) groups is 1. The molecule has 0 aliphatic carbocycles. The number of thioether (sulfide) groups is 1. The van der Waals surface area contributed by atoms with E-state index in [0.29, 0.717) is 5.75 Å². The molecule has 94 valence electrons. The number of amides is 1. The van der Waals surface area contributed by atoms with E-state index in [4.69, 9.17) is 11.6 Å². The Hall–Kier alpha value is -0.670. The molecule has 4 heteroatoms. The Kier molecular flexibility index (Phi) is 6.45. The molecule has 0 saturated heterocycles. The van der Waals surface area contributed by atoms with Crippen LogP contribution in [0.2, 0.25) is 5.02 Å². The van der Waals surface area contributed by atoms with E-state index in [9.17, 15) is 4.79 Å². The molecule has 2 nitrogen and oxygen atoms in total. The van der Waals surface area contributed by atoms with Crippen LogP contribution in [0.25, 0.3) is 0 Å². The van der Waals surface area contributed by atoms with Crippen LogP contribution in [0.5, 0.6) is 0 Å². The molecule has 1 aromatic carbocycles. The zero-order valence-electron chi connectivity index (χ0n) is 10.3. The van der Waals surface area contributed by atoms with Gasteiger partial charge in [0, 0.05) is 23.9 Å². The molecule has 17 heavy (non-hydrogen) atoms. The van der Waals surface area contributed by atoms with Gasteiger partial charge in [-0.1, -0.05) is 23.7 Å². The molecule has 0 aliphatic heterocycles. The standard InChI is InChI=1S/C13H18ClNOS/c1-3-15(4-2)13(16)10-17-9-11-5-7-12(14)8-6-11/h5-8H,3-4,9-10H2,1-2H3. The van der Waals surface area contributed by atoms with Crippen LogP contribution in [-0.4, -0.2) is 29.6 Å². The maximum atomic E-state index is 11.7. The van der Waals surface area contributed by atoms with Gasteiger partial charge >= 0.3 is 0 Å². The van der Waals surface area contributed by atoms with Gasteiger partial charge in [0.2, 0.25) is 5.91 Å². The van der Waals surface area contributed by atoms with Crippen LogP contribution in [0.1, 0.15) is 19.4 Å². The van der Waals surface area contributed by atoms with Gasteiger partial charge in [-0.25, -0.2) is 0 Å². The Labute approximate surface area is 112 Å². The summed E-state index contributed by atoms with van der Waals surface area (Å²) in [7, 11) is 0. The largest absolute Gasteiger partial charge is 0.343 e. The highest BCUT2D eigenvalue weighted by atomic mass is 35.5. The lowest BCUT2D eigenvalue weighted by Gasteiger charge is -2.18. The maximum Gasteiger partial charge on any atom is 0.232 e. The van der Waals surface area contributed by atoms with E-state index >= 15 is 0 Å². The molecule has 0 aliphatic rings. The molecule has 1 rings (SSSR count). The number of nitrogens with zero attached hydrogens (tertiary/aromatic N) is 1. The van der Waals surface area contributed by atoms with Gasteiger partial charge in [0.05, 0.1) is 5.75 Å². The fraction of sp³-hybridized carbons (Fsp3) is 0.462. The summed E-state index contributed by atoms with van der Waals surface area (Å²) in [6.45, 7) is 5.59. The summed E-state index contributed by atoms with van der Waals surface area (Å²) in [6, 6.07) is 7.75. The average molecular weight is 272 g/mol. The number of rotatable bonds is 6. The number of hydrogen-bond acceptors (Lipinski definition) is 2. The summed E-state index contributed by atoms with van der Waals surface area (Å²) in [4.78, 5) is 13.6. The fourth-order valence-corrected chi connectivity index (χ4v) is 2.52. The molecule has 0 heterocycles. The quantitative estimate of drug-likeness (QED) is 0.790. The number of carbonyl (C=O) groups excluding carboxylic acids is 1. The minimum absolute atomic E-state index is 0.217. The minimum atomic E-state index is 0.217. The monoisotopic (exact) mass is 271 g/mol. The van der Waals surface area contributed by atoms with E-state index in [-0.39, 0.29) is 5.91 Å². The molecule has 0 spiro atoms. The molecule has 1 amide bonds. The Morgan fingerprint density at radius 2 is 1.82 bits per heavy atom. The van der Waals surface area contributed by atoms with E-state index < -0.39 is 0 Å². The van der Waals surface area contributed by atoms with E-state index in [1.807, 2.05) is 43.0 Å². The summed E-state index contributed by atoms with van der Waals surface area (Å²) in [5.41, 5.74) is 1.20. The molecule has 0 atom stereocenters. The van der Waals surface area contributed by atoms with Gasteiger partial charge in [-0.15, -0.1) is 11.8 Å². The third-order valence-corrected chi connectivity index (χ3v) is 3.76. The average Bonchev–Trinajstić information content (AvgIpc) is 2.33. The maximum absolute atomic E-state index is 11.7. The van der Waals surface area contributed by atoms with E-state index in [2.05, 4.69) is 0 Å². The van der Waals surface area contributed by atoms with Crippen molar-refractivity contribution in [2.45, 2.75) is 19.6 Å². The highest BCUT2D eigenvalue weighted by Crippen LogP contribution is 2.15. The molecule has 0 N–H and O–H groups in total. The highest BCUT2D eigenvalue weighted by Gasteiger charge is 2.08. The van der Waals surface area contributed by atoms with Crippen molar-refractivity contribution in [3.8, 4) is 0 Å². The first-order chi connectivity index (χ1) is 8.17. The van der Waals surface area contributed by atoms with E-state index in [1.165, 1.54) is 5.56 Å². The Bertz CT molecular complexity index is 349. The second-order valence-electron chi connectivity index (χ2n) is 3.69. The lowest BCUT2D eigenvalue weighted by molar-refractivity contribution is -0.127. The van der Waals surface area contributed by atoms with Crippen molar-refractivity contribution in [2.24, 2.45) is 0 Å². The number of benzene rings is 1. The van der Waals surface area contributed by atoms with Crippen molar-refractivity contribution in [3.63, 3.8) is 0 Å². The Morgan fingerprint density at radius 3 is 2.35 bits per heavy atom. The first-order valence-electron chi connectivity index (χ1n) is 5.77. The molecule has 0 radical (unpaired) electrons. The van der Waals surface area contributed by atoms with Gasteiger partial charge in [-0.2, -0.15) is 0 Å². The lowest BCUT2D eigenvalue weighted by Crippen LogP contribution is -2.31. The van der Waals surface area contributed by atoms with Crippen molar-refractivity contribution in [2.75, 3.05) is 18.8 Å². The minimum Gasteiger partial charge on any atom is -0.343 e. The third-order valence-electron chi connectivity index (χ3n) is 2.52. The van der Waals surface area contributed by atoms with Crippen LogP contribution >= 0.6 is 23.4 Å². The SMILES string of the molecule is CCN(CC)C(=O)CSCc1ccc(Cl)cc1. The molecular formula is C13H18ClNOS. The summed E-state index contributed by atoms with van der Waals surface area (Å²) < 4.78 is 0. The summed E-state index contributed by atoms with van der Waals surface area (Å²) in [5, 5.41) is 0.748. The van der Waals surface area contributed by atoms with Crippen molar-refractivity contribution < 1.29 is 4.79 Å². The molecule has 0 saturated carbocycles. The van der Waals surface area contributed by atoms with Crippen LogP contribution in [0.3, 0.4) is 0 Å². The van der Waals surface area contributed by atoms with E-state index in [0.717, 1.165) is 23.9 Å². The normalized spacial score (nSPS) is 10.3. The molecular weight excluding hydrogens is 254 g/mol. The molecule has 1 aromatic rings. The summed E-state index contributed by atoms with van der Waals surface area (Å²) in [5.74, 6) is 1.61. The van der Waals surface area contributed by atoms with Crippen molar-refractivity contribution in [1.29, 1.82) is 0 Å². The zero-order valence-corrected chi connectivity index (χ0v) is 11.9. The van der Waals surface area contributed by atoms with Crippen LogP contribution in [0.4, 0.5) is 0 Å². The van der Waals surface area contributed by atoms with Gasteiger partial charge in [-0.3, -0.25) is 4.79 Å². The van der Waals surface area contributed by atoms with Crippen LogP contribution in [0.15, 0.2) is 24.3 Å². The van der Waals surface area contributed by atoms with Gasteiger partial charge in [0.1, 0.15) is 0 Å². The number of hydrogen-bond donors (Lipinski definition) is 0. The molecule has 0 bridgehead atoms. The third kappa shape index (κ3) is 5.00. The summed E-state index contributed by atoms with van der Waals surface area (Å²) >= 11 is 7.45. The first-order valence-corrected chi connectivity index (χ1v) is 7.30. The summed E-state index contributed by atoms with van der Waals surface area (Å²) in [6.07, 6.45) is 0. The topological polar surface area (TPSA) is 20.3 Å². The molecule has 0 fully saturated rings. The highest BCUT2D eigenvalue weighted by molar-refractivity contribution is 7.99. The lowest BCUT2D eigenvalue weighted by atomic mass is 10.2. The van der Waals surface area contributed by atoms with Gasteiger partial charge < -0.3 is 4.90 Å². The van der Waals surface area contributed by atoms with Crippen molar-refractivity contribution >= 4 is 29.3 Å². The first kappa shape index (κ1) is 14.4. The second kappa shape index (κ2) is 7.62. The number of halogens is 1. The van der Waals surface area contributed by atoms with Crippen molar-refractivity contribution in [1.82, 2.24) is 4.90 Å². The fourth-order valence-electron chi connectivity index (χ4n) is 1.50. The van der Waals surface area contributed by atoms with Crippen molar-refractivity contribution in [3.05, 3.63) is 34.9 Å². The van der Waals surface area contributed by atoms with Gasteiger partial charge in [-0.05, 0) is 31.5 Å². The van der Waals surface area contributed by atoms with Gasteiger partial charge in [0.25, 0.3) is 0 Å². The van der Waals surface area contributed by atoms with Crippen LogP contribution < -0.4 is 0 Å². The van der Waals surface area contributed by atoms with Crippen LogP contribution in [-0.2, 0) is 10.5 Å². The predicted molar refractivity (Wildman–Crippen MR) is 75.5 cm³/mol. The van der Waals surface area contributed by atoms with Gasteiger partial charge in [0.15, 0.2) is 0 Å². The second-order valence-corrected chi connectivity index (χ2v) is 5.11. The van der Waals surface area contributed by atoms with E-state index in [1.54, 1.807) is 11.8 Å².